The van der Waals surface area contributed by atoms with E-state index in [1.165, 1.54) is 24.3 Å². The van der Waals surface area contributed by atoms with Crippen LogP contribution in [0.4, 0.5) is 0 Å². The van der Waals surface area contributed by atoms with Gasteiger partial charge in [-0.05, 0) is 72.2 Å². The molecule has 0 aliphatic rings. The lowest BCUT2D eigenvalue weighted by atomic mass is 9.90. The smallest absolute Gasteiger partial charge is 0.244 e. The van der Waals surface area contributed by atoms with Crippen molar-refractivity contribution in [1.82, 2.24) is 31.2 Å². The Balaban J connectivity index is 1.56. The fraction of sp³-hybridized carbons (Fsp3) is 0.318. The summed E-state index contributed by atoms with van der Waals surface area (Å²) >= 11 is 0. The average Bonchev–Trinajstić information content (AvgIpc) is 3.20. The van der Waals surface area contributed by atoms with E-state index in [2.05, 4.69) is 31.2 Å². The van der Waals surface area contributed by atoms with Gasteiger partial charge in [0.15, 0.2) is 0 Å². The SMILES string of the molecule is CC(C)[C@H](NC(=O)/C=C/c1ccccn1)C(=O)N[C@@H](Cc1ccccc1)[C@@H](O)[C@@H](O)[C@H](Cc1ccccc1)NC(=O)[C@H](NC(=O)/C=C/c1ccccn1)C(C)C. The highest BCUT2D eigenvalue weighted by atomic mass is 16.3. The minimum Gasteiger partial charge on any atom is -0.388 e. The van der Waals surface area contributed by atoms with Crippen LogP contribution in [0.3, 0.4) is 0 Å². The number of hydrogen-bond donors (Lipinski definition) is 6. The molecule has 4 aromatic rings. The first-order valence-electron chi connectivity index (χ1n) is 18.7. The minimum atomic E-state index is -1.59. The molecule has 0 aliphatic heterocycles. The highest BCUT2D eigenvalue weighted by molar-refractivity contribution is 5.96. The van der Waals surface area contributed by atoms with Crippen molar-refractivity contribution in [2.45, 2.75) is 76.9 Å². The summed E-state index contributed by atoms with van der Waals surface area (Å²) in [6.07, 6.45) is 5.96. The molecule has 4 amide bonds. The molecule has 2 aromatic heterocycles. The van der Waals surface area contributed by atoms with E-state index in [-0.39, 0.29) is 24.7 Å². The molecule has 0 spiro atoms. The molecule has 12 heteroatoms. The van der Waals surface area contributed by atoms with E-state index in [1.54, 1.807) is 76.5 Å². The molecule has 0 saturated heterocycles. The van der Waals surface area contributed by atoms with Gasteiger partial charge in [-0.25, -0.2) is 0 Å². The molecule has 6 N–H and O–H groups in total. The number of carbonyl (C=O) groups is 4. The summed E-state index contributed by atoms with van der Waals surface area (Å²) < 4.78 is 0. The Bertz CT molecular complexity index is 1750. The highest BCUT2D eigenvalue weighted by Gasteiger charge is 2.37. The van der Waals surface area contributed by atoms with Crippen molar-refractivity contribution in [3.05, 3.63) is 144 Å². The molecule has 0 bridgehead atoms. The van der Waals surface area contributed by atoms with Crippen LogP contribution in [0.1, 0.15) is 50.2 Å². The molecule has 2 aromatic carbocycles. The van der Waals surface area contributed by atoms with Crippen molar-refractivity contribution in [2.24, 2.45) is 11.8 Å². The van der Waals surface area contributed by atoms with E-state index < -0.39 is 60.0 Å². The Labute approximate surface area is 328 Å². The number of hydrogen-bond acceptors (Lipinski definition) is 8. The Hall–Kier alpha value is -5.98. The average molecular weight is 761 g/mol. The number of amides is 4. The molecule has 6 atom stereocenters. The van der Waals surface area contributed by atoms with E-state index in [9.17, 15) is 29.4 Å². The second kappa shape index (κ2) is 21.8. The number of aliphatic hydroxyl groups excluding tert-OH is 2. The lowest BCUT2D eigenvalue weighted by Crippen LogP contribution is -2.61. The molecule has 56 heavy (non-hydrogen) atoms. The van der Waals surface area contributed by atoms with Crippen molar-refractivity contribution in [1.29, 1.82) is 0 Å². The monoisotopic (exact) mass is 760 g/mol. The topological polar surface area (TPSA) is 183 Å². The Morgan fingerprint density at radius 2 is 0.893 bits per heavy atom. The number of rotatable bonds is 19. The highest BCUT2D eigenvalue weighted by Crippen LogP contribution is 2.17. The zero-order chi connectivity index (χ0) is 40.5. The first kappa shape index (κ1) is 42.8. The molecule has 0 fully saturated rings. The van der Waals surface area contributed by atoms with E-state index in [4.69, 9.17) is 0 Å². The summed E-state index contributed by atoms with van der Waals surface area (Å²) in [6.45, 7) is 7.14. The molecule has 294 valence electrons. The number of aromatic nitrogens is 2. The Kier molecular flexibility index (Phi) is 16.6. The number of benzene rings is 2. The largest absolute Gasteiger partial charge is 0.388 e. The Morgan fingerprint density at radius 1 is 0.536 bits per heavy atom. The summed E-state index contributed by atoms with van der Waals surface area (Å²) in [5.41, 5.74) is 2.70. The maximum atomic E-state index is 13.9. The first-order valence-corrected chi connectivity index (χ1v) is 18.7. The van der Waals surface area contributed by atoms with Crippen LogP contribution < -0.4 is 21.3 Å². The van der Waals surface area contributed by atoms with Crippen LogP contribution in [-0.2, 0) is 32.0 Å². The number of carbonyl (C=O) groups excluding carboxylic acids is 4. The fourth-order valence-electron chi connectivity index (χ4n) is 6.02. The van der Waals surface area contributed by atoms with Crippen LogP contribution in [0.25, 0.3) is 12.2 Å². The van der Waals surface area contributed by atoms with E-state index >= 15 is 0 Å². The van der Waals surface area contributed by atoms with Crippen molar-refractivity contribution >= 4 is 35.8 Å². The van der Waals surface area contributed by atoms with Crippen LogP contribution in [-0.4, -0.2) is 80.2 Å². The third kappa shape index (κ3) is 13.7. The van der Waals surface area contributed by atoms with Gasteiger partial charge in [0.2, 0.25) is 23.6 Å². The minimum absolute atomic E-state index is 0.127. The second-order valence-corrected chi connectivity index (χ2v) is 14.2. The molecular weight excluding hydrogens is 709 g/mol. The molecule has 0 saturated carbocycles. The third-order valence-electron chi connectivity index (χ3n) is 9.11. The number of aliphatic hydroxyl groups is 2. The first-order chi connectivity index (χ1) is 26.9. The number of nitrogens with zero attached hydrogens (tertiary/aromatic N) is 2. The normalized spacial score (nSPS) is 14.8. The molecule has 0 aliphatic carbocycles. The van der Waals surface area contributed by atoms with Gasteiger partial charge in [-0.1, -0.05) is 100 Å². The molecule has 2 heterocycles. The van der Waals surface area contributed by atoms with Crippen LogP contribution in [0.2, 0.25) is 0 Å². The van der Waals surface area contributed by atoms with Crippen molar-refractivity contribution in [3.63, 3.8) is 0 Å². The lowest BCUT2D eigenvalue weighted by Gasteiger charge is -2.35. The summed E-state index contributed by atoms with van der Waals surface area (Å²) in [5, 5.41) is 35.1. The van der Waals surface area contributed by atoms with Gasteiger partial charge in [0.25, 0.3) is 0 Å². The standard InChI is InChI=1S/C44H52N6O6/c1-29(2)39(49-37(51)23-21-33-19-11-13-25-45-33)43(55)47-35(27-31-15-7-5-8-16-31)41(53)42(54)36(28-32-17-9-6-10-18-32)48-44(56)40(30(3)4)50-38(52)24-22-34-20-12-14-26-46-34/h5-26,29-30,35-36,39-42,53-54H,27-28H2,1-4H3,(H,47,55)(H,48,56)(H,49,51)(H,50,52)/b23-21+,24-22+/t35-,36-,39-,40+,41+,42-/m0/s1. The van der Waals surface area contributed by atoms with Gasteiger partial charge in [-0.15, -0.1) is 0 Å². The maximum absolute atomic E-state index is 13.9. The number of pyridine rings is 2. The molecule has 4 rings (SSSR count). The van der Waals surface area contributed by atoms with Crippen LogP contribution in [0.15, 0.2) is 122 Å². The van der Waals surface area contributed by atoms with E-state index in [1.807, 2.05) is 60.7 Å². The zero-order valence-electron chi connectivity index (χ0n) is 32.2. The summed E-state index contributed by atoms with van der Waals surface area (Å²) in [4.78, 5) is 62.0. The van der Waals surface area contributed by atoms with Gasteiger partial charge >= 0.3 is 0 Å². The van der Waals surface area contributed by atoms with E-state index in [0.29, 0.717) is 11.4 Å². The fourth-order valence-corrected chi connectivity index (χ4v) is 6.02. The predicted molar refractivity (Wildman–Crippen MR) is 216 cm³/mol. The predicted octanol–water partition coefficient (Wildman–Crippen LogP) is 3.66. The quantitative estimate of drug-likeness (QED) is 0.0784. The van der Waals surface area contributed by atoms with Crippen molar-refractivity contribution < 1.29 is 29.4 Å². The van der Waals surface area contributed by atoms with Crippen molar-refractivity contribution in [2.75, 3.05) is 0 Å². The maximum Gasteiger partial charge on any atom is 0.244 e. The van der Waals surface area contributed by atoms with Gasteiger partial charge in [-0.2, -0.15) is 0 Å². The van der Waals surface area contributed by atoms with Crippen LogP contribution in [0.5, 0.6) is 0 Å². The zero-order valence-corrected chi connectivity index (χ0v) is 32.2. The number of nitrogens with one attached hydrogen (secondary N) is 4. The van der Waals surface area contributed by atoms with Gasteiger partial charge in [0.05, 0.1) is 23.5 Å². The second-order valence-electron chi connectivity index (χ2n) is 14.2. The molecular formula is C44H52N6O6. The Morgan fingerprint density at radius 3 is 1.21 bits per heavy atom. The van der Waals surface area contributed by atoms with Crippen LogP contribution in [0, 0.1) is 11.8 Å². The van der Waals surface area contributed by atoms with Crippen LogP contribution >= 0.6 is 0 Å². The molecule has 12 nitrogen and oxygen atoms in total. The molecule has 0 radical (unpaired) electrons. The van der Waals surface area contributed by atoms with Gasteiger partial charge in [0.1, 0.15) is 24.3 Å². The summed E-state index contributed by atoms with van der Waals surface area (Å²) in [5.74, 6) is -2.81. The van der Waals surface area contributed by atoms with Gasteiger partial charge in [0, 0.05) is 24.5 Å². The third-order valence-corrected chi connectivity index (χ3v) is 9.11. The lowest BCUT2D eigenvalue weighted by molar-refractivity contribution is -0.131. The summed E-state index contributed by atoms with van der Waals surface area (Å²) in [6, 6.07) is 24.9. The van der Waals surface area contributed by atoms with Gasteiger partial charge < -0.3 is 31.5 Å². The molecule has 0 unspecified atom stereocenters. The summed E-state index contributed by atoms with van der Waals surface area (Å²) in [7, 11) is 0. The van der Waals surface area contributed by atoms with Crippen molar-refractivity contribution in [3.8, 4) is 0 Å². The van der Waals surface area contributed by atoms with E-state index in [0.717, 1.165) is 11.1 Å². The van der Waals surface area contributed by atoms with Gasteiger partial charge in [-0.3, -0.25) is 29.1 Å².